The second kappa shape index (κ2) is 6.28. The van der Waals surface area contributed by atoms with Gasteiger partial charge in [0.15, 0.2) is 15.7 Å². The molecule has 0 bridgehead atoms. The average Bonchev–Trinajstić information content (AvgIpc) is 2.74. The molecule has 114 valence electrons. The van der Waals surface area contributed by atoms with E-state index in [0.717, 1.165) is 37.2 Å². The highest BCUT2D eigenvalue weighted by Gasteiger charge is 2.27. The fourth-order valence-electron chi connectivity index (χ4n) is 2.46. The first-order valence-electron chi connectivity index (χ1n) is 6.86. The molecule has 0 spiro atoms. The van der Waals surface area contributed by atoms with Gasteiger partial charge in [-0.25, -0.2) is 8.42 Å². The zero-order chi connectivity index (χ0) is 14.8. The van der Waals surface area contributed by atoms with Crippen LogP contribution in [0.5, 0.6) is 0 Å². The molecule has 2 rings (SSSR count). The summed E-state index contributed by atoms with van der Waals surface area (Å²) >= 11 is 1.10. The molecule has 0 unspecified atom stereocenters. The number of hydrogen-bond acceptors (Lipinski definition) is 7. The Balaban J connectivity index is 2.17. The summed E-state index contributed by atoms with van der Waals surface area (Å²) < 4.78 is 28.4. The summed E-state index contributed by atoms with van der Waals surface area (Å²) in [6.07, 6.45) is 3.44. The number of nitrogens with one attached hydrogen (secondary N) is 1. The van der Waals surface area contributed by atoms with Crippen LogP contribution in [0.2, 0.25) is 0 Å². The molecule has 1 aromatic heterocycles. The van der Waals surface area contributed by atoms with Crippen LogP contribution in [0.3, 0.4) is 0 Å². The van der Waals surface area contributed by atoms with Gasteiger partial charge in [0.05, 0.1) is 11.9 Å². The van der Waals surface area contributed by atoms with Crippen molar-refractivity contribution < 1.29 is 13.5 Å². The van der Waals surface area contributed by atoms with E-state index in [0.29, 0.717) is 11.4 Å². The van der Waals surface area contributed by atoms with Gasteiger partial charge in [-0.3, -0.25) is 0 Å². The second-order valence-electron chi connectivity index (χ2n) is 5.19. The van der Waals surface area contributed by atoms with Gasteiger partial charge in [0.2, 0.25) is 0 Å². The molecule has 20 heavy (non-hydrogen) atoms. The van der Waals surface area contributed by atoms with E-state index < -0.39 is 9.84 Å². The Hall–Kier alpha value is -0.860. The average molecular weight is 319 g/mol. The molecule has 1 aliphatic rings. The van der Waals surface area contributed by atoms with Gasteiger partial charge >= 0.3 is 0 Å². The highest BCUT2D eigenvalue weighted by molar-refractivity contribution is 7.91. The molecule has 1 fully saturated rings. The highest BCUT2D eigenvalue weighted by Crippen LogP contribution is 2.34. The zero-order valence-electron chi connectivity index (χ0n) is 11.5. The van der Waals surface area contributed by atoms with Gasteiger partial charge in [-0.15, -0.1) is 0 Å². The van der Waals surface area contributed by atoms with E-state index in [1.807, 2.05) is 6.92 Å². The van der Waals surface area contributed by atoms with E-state index in [4.69, 9.17) is 5.73 Å². The minimum absolute atomic E-state index is 0.0771. The maximum absolute atomic E-state index is 12.2. The van der Waals surface area contributed by atoms with Crippen molar-refractivity contribution in [1.29, 1.82) is 0 Å². The summed E-state index contributed by atoms with van der Waals surface area (Å²) in [7, 11) is -3.38. The van der Waals surface area contributed by atoms with Gasteiger partial charge in [-0.1, -0.05) is 6.92 Å². The topological polar surface area (TPSA) is 105 Å². The number of aliphatic hydroxyl groups excluding tert-OH is 1. The van der Waals surface area contributed by atoms with Crippen molar-refractivity contribution in [3.8, 4) is 0 Å². The maximum Gasteiger partial charge on any atom is 0.185 e. The molecule has 0 saturated heterocycles. The van der Waals surface area contributed by atoms with E-state index >= 15 is 0 Å². The monoisotopic (exact) mass is 319 g/mol. The molecule has 0 atom stereocenters. The Bertz CT molecular complexity index is 548. The number of sulfone groups is 1. The molecule has 0 aromatic carbocycles. The Labute approximate surface area is 123 Å². The summed E-state index contributed by atoms with van der Waals surface area (Å²) in [6.45, 7) is 1.82. The van der Waals surface area contributed by atoms with Gasteiger partial charge in [-0.2, -0.15) is 4.37 Å². The molecule has 0 amide bonds. The lowest BCUT2D eigenvalue weighted by Gasteiger charge is -2.26. The molecule has 8 heteroatoms. The van der Waals surface area contributed by atoms with E-state index in [2.05, 4.69) is 9.69 Å². The van der Waals surface area contributed by atoms with Crippen LogP contribution < -0.4 is 11.1 Å². The summed E-state index contributed by atoms with van der Waals surface area (Å²) in [6, 6.07) is 0.175. The van der Waals surface area contributed by atoms with Gasteiger partial charge in [0, 0.05) is 6.04 Å². The van der Waals surface area contributed by atoms with Crippen LogP contribution in [0.1, 0.15) is 39.0 Å². The number of rotatable bonds is 5. The van der Waals surface area contributed by atoms with E-state index in [9.17, 15) is 13.5 Å². The normalized spacial score (nSPS) is 23.7. The largest absolute Gasteiger partial charge is 0.393 e. The van der Waals surface area contributed by atoms with E-state index in [1.165, 1.54) is 0 Å². The first-order valence-corrected chi connectivity index (χ1v) is 9.29. The lowest BCUT2D eigenvalue weighted by atomic mass is 9.93. The molecule has 6 nitrogen and oxygen atoms in total. The van der Waals surface area contributed by atoms with Crippen LogP contribution in [0.15, 0.2) is 4.90 Å². The van der Waals surface area contributed by atoms with Gasteiger partial charge in [0.1, 0.15) is 9.90 Å². The molecular formula is C12H21N3O3S2. The third-order valence-corrected chi connectivity index (χ3v) is 6.39. The molecule has 0 radical (unpaired) electrons. The summed E-state index contributed by atoms with van der Waals surface area (Å²) in [5.41, 5.74) is 5.73. The number of aliphatic hydroxyl groups is 1. The second-order valence-corrected chi connectivity index (χ2v) is 8.01. The van der Waals surface area contributed by atoms with Gasteiger partial charge in [0.25, 0.3) is 0 Å². The smallest absolute Gasteiger partial charge is 0.185 e. The first kappa shape index (κ1) is 15.5. The number of anilines is 2. The molecule has 4 N–H and O–H groups in total. The Morgan fingerprint density at radius 3 is 2.65 bits per heavy atom. The van der Waals surface area contributed by atoms with Crippen LogP contribution in [0.25, 0.3) is 0 Å². The standard InChI is InChI=1S/C12H21N3O3S2/c1-2-7-20(17,18)10-11(13)15-19-12(10)14-8-3-5-9(16)6-4-8/h8-9,14,16H,2-7H2,1H3,(H2,13,15). The van der Waals surface area contributed by atoms with Crippen LogP contribution in [-0.4, -0.2) is 35.8 Å². The number of nitrogens with zero attached hydrogens (tertiary/aromatic N) is 1. The first-order chi connectivity index (χ1) is 9.44. The Morgan fingerprint density at radius 2 is 2.05 bits per heavy atom. The van der Waals surface area contributed by atoms with Crippen LogP contribution in [0.4, 0.5) is 10.8 Å². The predicted molar refractivity (Wildman–Crippen MR) is 80.8 cm³/mol. The van der Waals surface area contributed by atoms with E-state index in [1.54, 1.807) is 0 Å². The molecule has 0 aliphatic heterocycles. The zero-order valence-corrected chi connectivity index (χ0v) is 13.1. The number of nitrogen functional groups attached to an aromatic ring is 1. The fourth-order valence-corrected chi connectivity index (χ4v) is 5.15. The van der Waals surface area contributed by atoms with Crippen molar-refractivity contribution in [2.75, 3.05) is 16.8 Å². The number of hydrogen-bond donors (Lipinski definition) is 3. The van der Waals surface area contributed by atoms with Crippen LogP contribution in [0, 0.1) is 0 Å². The SMILES string of the molecule is CCCS(=O)(=O)c1c(N)nsc1NC1CCC(O)CC1. The van der Waals surface area contributed by atoms with Crippen molar-refractivity contribution >= 4 is 32.2 Å². The lowest BCUT2D eigenvalue weighted by molar-refractivity contribution is 0.126. The van der Waals surface area contributed by atoms with Gasteiger partial charge in [-0.05, 0) is 43.6 Å². The summed E-state index contributed by atoms with van der Waals surface area (Å²) in [4.78, 5) is 0.149. The third kappa shape index (κ3) is 3.42. The third-order valence-electron chi connectivity index (χ3n) is 3.49. The quantitative estimate of drug-likeness (QED) is 0.761. The van der Waals surface area contributed by atoms with Crippen LogP contribution in [-0.2, 0) is 9.84 Å². The number of nitrogens with two attached hydrogens (primary N) is 1. The van der Waals surface area contributed by atoms with Crippen molar-refractivity contribution in [2.45, 2.75) is 56.1 Å². The number of aromatic nitrogens is 1. The molecule has 1 saturated carbocycles. The summed E-state index contributed by atoms with van der Waals surface area (Å²) in [5, 5.41) is 13.3. The van der Waals surface area contributed by atoms with Crippen LogP contribution >= 0.6 is 11.5 Å². The molecular weight excluding hydrogens is 298 g/mol. The fraction of sp³-hybridized carbons (Fsp3) is 0.750. The van der Waals surface area contributed by atoms with E-state index in [-0.39, 0.29) is 28.6 Å². The lowest BCUT2D eigenvalue weighted by Crippen LogP contribution is -2.28. The minimum Gasteiger partial charge on any atom is -0.393 e. The van der Waals surface area contributed by atoms with Crippen molar-refractivity contribution in [3.63, 3.8) is 0 Å². The predicted octanol–water partition coefficient (Wildman–Crippen LogP) is 1.62. The molecule has 1 aliphatic carbocycles. The highest BCUT2D eigenvalue weighted by atomic mass is 32.2. The Kier molecular flexibility index (Phi) is 4.87. The Morgan fingerprint density at radius 1 is 1.40 bits per heavy atom. The van der Waals surface area contributed by atoms with Gasteiger partial charge < -0.3 is 16.2 Å². The molecule has 1 heterocycles. The van der Waals surface area contributed by atoms with Crippen molar-refractivity contribution in [3.05, 3.63) is 0 Å². The molecule has 1 aromatic rings. The summed E-state index contributed by atoms with van der Waals surface area (Å²) in [5.74, 6) is 0.162. The minimum atomic E-state index is -3.38. The van der Waals surface area contributed by atoms with Crippen molar-refractivity contribution in [1.82, 2.24) is 4.37 Å². The maximum atomic E-state index is 12.2. The van der Waals surface area contributed by atoms with Crippen molar-refractivity contribution in [2.24, 2.45) is 0 Å².